The summed E-state index contributed by atoms with van der Waals surface area (Å²) in [6.45, 7) is 0. The predicted molar refractivity (Wildman–Crippen MR) is 90.3 cm³/mol. The lowest BCUT2D eigenvalue weighted by atomic mass is 9.79. The van der Waals surface area contributed by atoms with Crippen LogP contribution in [0.1, 0.15) is 17.0 Å². The number of nitrogens with zero attached hydrogens (tertiary/aromatic N) is 3. The van der Waals surface area contributed by atoms with E-state index in [4.69, 9.17) is 17.3 Å². The maximum atomic E-state index is 12.5. The fourth-order valence-corrected chi connectivity index (χ4v) is 3.11. The number of benzene rings is 1. The Kier molecular flexibility index (Phi) is 4.11. The summed E-state index contributed by atoms with van der Waals surface area (Å²) in [6.07, 6.45) is 1.80. The first-order chi connectivity index (χ1) is 11.0. The number of aromatic nitrogens is 2. The molecule has 1 aliphatic rings. The van der Waals surface area contributed by atoms with Crippen molar-refractivity contribution in [2.75, 3.05) is 6.26 Å². The van der Waals surface area contributed by atoms with E-state index in [1.807, 2.05) is 0 Å². The van der Waals surface area contributed by atoms with Gasteiger partial charge < -0.3 is 10.7 Å². The molecule has 2 heterocycles. The lowest BCUT2D eigenvalue weighted by molar-refractivity contribution is 0.685. The van der Waals surface area contributed by atoms with Crippen molar-refractivity contribution in [3.8, 4) is 6.07 Å². The zero-order valence-electron chi connectivity index (χ0n) is 12.1. The van der Waals surface area contributed by atoms with Crippen LogP contribution in [-0.4, -0.2) is 22.1 Å². The van der Waals surface area contributed by atoms with E-state index in [0.29, 0.717) is 15.7 Å². The molecule has 0 saturated heterocycles. The first kappa shape index (κ1) is 15.6. The third kappa shape index (κ3) is 2.71. The highest BCUT2D eigenvalue weighted by Gasteiger charge is 2.36. The molecule has 0 fully saturated rings. The summed E-state index contributed by atoms with van der Waals surface area (Å²) in [5.41, 5.74) is 6.76. The maximum absolute atomic E-state index is 12.5. The second kappa shape index (κ2) is 6.07. The number of aromatic amines is 1. The van der Waals surface area contributed by atoms with E-state index in [2.05, 4.69) is 21.0 Å². The highest BCUT2D eigenvalue weighted by atomic mass is 35.5. The topological polar surface area (TPSA) is 108 Å². The van der Waals surface area contributed by atoms with E-state index in [1.54, 1.807) is 30.5 Å². The first-order valence-corrected chi connectivity index (χ1v) is 8.32. The second-order valence-corrected chi connectivity index (χ2v) is 6.22. The van der Waals surface area contributed by atoms with Crippen LogP contribution < -0.4 is 11.3 Å². The van der Waals surface area contributed by atoms with Crippen LogP contribution in [0.4, 0.5) is 5.82 Å². The van der Waals surface area contributed by atoms with Crippen molar-refractivity contribution < 1.29 is 0 Å². The number of thioether (sulfide) groups is 1. The van der Waals surface area contributed by atoms with E-state index in [0.717, 1.165) is 5.56 Å². The van der Waals surface area contributed by atoms with Crippen LogP contribution in [0.2, 0.25) is 5.02 Å². The Morgan fingerprint density at radius 3 is 2.70 bits per heavy atom. The summed E-state index contributed by atoms with van der Waals surface area (Å²) in [6, 6.07) is 9.12. The number of aliphatic imine (C=N–C) groups is 1. The van der Waals surface area contributed by atoms with Gasteiger partial charge in [-0.1, -0.05) is 35.5 Å². The number of halogens is 1. The van der Waals surface area contributed by atoms with Crippen LogP contribution in [0.5, 0.6) is 0 Å². The molecule has 2 unspecified atom stereocenters. The van der Waals surface area contributed by atoms with Crippen molar-refractivity contribution in [3.05, 3.63) is 50.8 Å². The summed E-state index contributed by atoms with van der Waals surface area (Å²) in [5, 5.41) is 10.5. The van der Waals surface area contributed by atoms with Gasteiger partial charge in [0.2, 0.25) is 0 Å². The van der Waals surface area contributed by atoms with Gasteiger partial charge in [-0.05, 0) is 24.0 Å². The molecule has 23 heavy (non-hydrogen) atoms. The van der Waals surface area contributed by atoms with Crippen LogP contribution in [0, 0.1) is 17.2 Å². The Balaban J connectivity index is 2.27. The number of fused-ring (bicyclic) bond motifs is 1. The zero-order chi connectivity index (χ0) is 16.6. The standard InChI is InChI=1S/C15H12ClN5OS/c1-23-15-20-13-11(14(22)21-15)10(9(6-17)12(18)19-13)7-2-4-8(16)5-3-7/h2-5,9-10H,1H3,(H3,18,19,20,21,22). The number of hydrogen-bond acceptors (Lipinski definition) is 6. The van der Waals surface area contributed by atoms with E-state index < -0.39 is 11.8 Å². The molecule has 0 spiro atoms. The molecule has 0 amide bonds. The minimum Gasteiger partial charge on any atom is -0.386 e. The minimum absolute atomic E-state index is 0.158. The molecule has 1 aliphatic heterocycles. The molecule has 0 saturated carbocycles. The Morgan fingerprint density at radius 2 is 2.09 bits per heavy atom. The predicted octanol–water partition coefficient (Wildman–Crippen LogP) is 2.42. The summed E-state index contributed by atoms with van der Waals surface area (Å²) >= 11 is 7.23. The molecule has 1 aromatic heterocycles. The zero-order valence-corrected chi connectivity index (χ0v) is 13.6. The molecule has 1 aromatic carbocycles. The van der Waals surface area contributed by atoms with Crippen molar-refractivity contribution in [3.63, 3.8) is 0 Å². The molecule has 116 valence electrons. The van der Waals surface area contributed by atoms with Gasteiger partial charge in [0.1, 0.15) is 11.8 Å². The molecular formula is C15H12ClN5OS. The average Bonchev–Trinajstić information content (AvgIpc) is 2.54. The molecular weight excluding hydrogens is 334 g/mol. The van der Waals surface area contributed by atoms with Crippen molar-refractivity contribution >= 4 is 35.0 Å². The Hall–Kier alpha value is -2.30. The van der Waals surface area contributed by atoms with Crippen LogP contribution in [0.15, 0.2) is 39.2 Å². The fraction of sp³-hybridized carbons (Fsp3) is 0.200. The summed E-state index contributed by atoms with van der Waals surface area (Å²) in [7, 11) is 0. The van der Waals surface area contributed by atoms with E-state index >= 15 is 0 Å². The summed E-state index contributed by atoms with van der Waals surface area (Å²) in [5.74, 6) is -0.837. The largest absolute Gasteiger partial charge is 0.386 e. The smallest absolute Gasteiger partial charge is 0.257 e. The van der Waals surface area contributed by atoms with Gasteiger partial charge in [-0.25, -0.2) is 9.98 Å². The normalized spacial score (nSPS) is 19.6. The molecule has 2 aromatic rings. The minimum atomic E-state index is -0.730. The van der Waals surface area contributed by atoms with E-state index in [9.17, 15) is 10.1 Å². The number of nitriles is 1. The maximum Gasteiger partial charge on any atom is 0.257 e. The van der Waals surface area contributed by atoms with Crippen molar-refractivity contribution in [1.29, 1.82) is 5.26 Å². The van der Waals surface area contributed by atoms with Gasteiger partial charge in [-0.2, -0.15) is 5.26 Å². The van der Waals surface area contributed by atoms with Crippen LogP contribution in [0.3, 0.4) is 0 Å². The molecule has 0 bridgehead atoms. The molecule has 2 atom stereocenters. The number of rotatable bonds is 2. The second-order valence-electron chi connectivity index (χ2n) is 4.99. The molecule has 0 radical (unpaired) electrons. The Morgan fingerprint density at radius 1 is 1.39 bits per heavy atom. The molecule has 8 heteroatoms. The van der Waals surface area contributed by atoms with Gasteiger partial charge in [0.15, 0.2) is 11.0 Å². The van der Waals surface area contributed by atoms with Crippen LogP contribution in [0.25, 0.3) is 0 Å². The molecule has 3 N–H and O–H groups in total. The number of amidine groups is 1. The van der Waals surface area contributed by atoms with Crippen LogP contribution in [-0.2, 0) is 0 Å². The molecule has 0 aliphatic carbocycles. The Labute approximate surface area is 141 Å². The Bertz CT molecular complexity index is 884. The highest BCUT2D eigenvalue weighted by molar-refractivity contribution is 7.98. The number of H-pyrrole nitrogens is 1. The van der Waals surface area contributed by atoms with Gasteiger partial charge in [0.05, 0.1) is 11.6 Å². The van der Waals surface area contributed by atoms with Crippen molar-refractivity contribution in [1.82, 2.24) is 9.97 Å². The third-order valence-electron chi connectivity index (χ3n) is 3.67. The fourth-order valence-electron chi connectivity index (χ4n) is 2.61. The summed E-state index contributed by atoms with van der Waals surface area (Å²) < 4.78 is 0. The number of hydrogen-bond donors (Lipinski definition) is 2. The van der Waals surface area contributed by atoms with Crippen LogP contribution >= 0.6 is 23.4 Å². The summed E-state index contributed by atoms with van der Waals surface area (Å²) in [4.78, 5) is 23.7. The van der Waals surface area contributed by atoms with Gasteiger partial charge >= 0.3 is 0 Å². The number of nitrogens with one attached hydrogen (secondary N) is 1. The molecule has 3 rings (SSSR count). The highest BCUT2D eigenvalue weighted by Crippen LogP contribution is 2.39. The van der Waals surface area contributed by atoms with E-state index in [1.165, 1.54) is 11.8 Å². The van der Waals surface area contributed by atoms with Crippen molar-refractivity contribution in [2.45, 2.75) is 11.1 Å². The average molecular weight is 346 g/mol. The lowest BCUT2D eigenvalue weighted by Crippen LogP contribution is -2.35. The van der Waals surface area contributed by atoms with Gasteiger partial charge in [0.25, 0.3) is 5.56 Å². The lowest BCUT2D eigenvalue weighted by Gasteiger charge is -2.26. The SMILES string of the molecule is CSc1nc2c(c(=O)[nH]1)C(c1ccc(Cl)cc1)C(C#N)C(N)=N2. The van der Waals surface area contributed by atoms with E-state index in [-0.39, 0.29) is 17.2 Å². The van der Waals surface area contributed by atoms with Gasteiger partial charge in [0, 0.05) is 10.9 Å². The molecule has 6 nitrogen and oxygen atoms in total. The first-order valence-electron chi connectivity index (χ1n) is 6.72. The van der Waals surface area contributed by atoms with Crippen molar-refractivity contribution in [2.24, 2.45) is 16.6 Å². The quantitative estimate of drug-likeness (QED) is 0.642. The van der Waals surface area contributed by atoms with Gasteiger partial charge in [-0.3, -0.25) is 4.79 Å². The monoisotopic (exact) mass is 345 g/mol. The third-order valence-corrected chi connectivity index (χ3v) is 4.51. The number of nitrogens with two attached hydrogens (primary N) is 1. The van der Waals surface area contributed by atoms with Gasteiger partial charge in [-0.15, -0.1) is 0 Å².